The molecule has 2 aliphatic rings. The minimum Gasteiger partial charge on any atom is -0.492 e. The summed E-state index contributed by atoms with van der Waals surface area (Å²) in [6.45, 7) is 4.62. The molecule has 12 nitrogen and oxygen atoms in total. The third-order valence-electron chi connectivity index (χ3n) is 7.00. The van der Waals surface area contributed by atoms with Gasteiger partial charge in [0.05, 0.1) is 31.6 Å². The summed E-state index contributed by atoms with van der Waals surface area (Å²) in [5, 5.41) is 23.4. The van der Waals surface area contributed by atoms with Crippen LogP contribution < -0.4 is 11.1 Å². The highest BCUT2D eigenvalue weighted by Crippen LogP contribution is 2.29. The number of nitrogens with one attached hydrogen (secondary N) is 1. The van der Waals surface area contributed by atoms with Gasteiger partial charge in [0.25, 0.3) is 5.91 Å². The van der Waals surface area contributed by atoms with E-state index in [4.69, 9.17) is 24.7 Å². The van der Waals surface area contributed by atoms with Crippen molar-refractivity contribution in [2.75, 3.05) is 27.9 Å². The van der Waals surface area contributed by atoms with E-state index in [0.29, 0.717) is 12.0 Å². The average Bonchev–Trinajstić information content (AvgIpc) is 2.92. The molecule has 0 fully saturated rings. The molecule has 1 heterocycles. The molecule has 2 bridgehead atoms. The number of Topliss-reactive ketones (excluding diaryl/α,β-unsaturated/α-hetero) is 1. The van der Waals surface area contributed by atoms with E-state index < -0.39 is 60.5 Å². The number of amides is 2. The molecule has 0 saturated heterocycles. The van der Waals surface area contributed by atoms with Crippen molar-refractivity contribution < 1.29 is 48.3 Å². The van der Waals surface area contributed by atoms with E-state index in [9.17, 15) is 29.4 Å². The fourth-order valence-corrected chi connectivity index (χ4v) is 4.86. The second-order valence-corrected chi connectivity index (χ2v) is 10.1. The van der Waals surface area contributed by atoms with E-state index >= 15 is 0 Å². The van der Waals surface area contributed by atoms with E-state index in [0.717, 1.165) is 6.08 Å². The van der Waals surface area contributed by atoms with E-state index in [1.54, 1.807) is 19.9 Å². The summed E-state index contributed by atoms with van der Waals surface area (Å²) >= 11 is 0. The first kappa shape index (κ1) is 33.6. The third kappa shape index (κ3) is 8.70. The standard InChI is InChI=1S/C29H40N2O10/c1-15-10-19-25(35)20(13-21(33)27(19)40-6)31-28(36)18(14-32)8-7-9-22(38-4)26(41-29(30)37)17(3)12-16(2)24(34)23(11-15)39-5/h7-9,12-13,15-16,22-24,26,32,34H,10-11,14H2,1-6H3,(H2,30,37)(H,31,36)/b9-7-,17-12+,18-8+/t15-,16+,22+,23+,24-,26+/m1/s1. The largest absolute Gasteiger partial charge is 0.492 e. The number of allylic oxidation sites excluding steroid dienone is 4. The van der Waals surface area contributed by atoms with Crippen molar-refractivity contribution in [1.29, 1.82) is 0 Å². The number of aliphatic hydroxyl groups is 2. The summed E-state index contributed by atoms with van der Waals surface area (Å²) < 4.78 is 21.7. The van der Waals surface area contributed by atoms with Crippen LogP contribution in [0.5, 0.6) is 0 Å². The molecule has 226 valence electrons. The number of rotatable bonds is 5. The first-order valence-electron chi connectivity index (χ1n) is 13.1. The summed E-state index contributed by atoms with van der Waals surface area (Å²) in [6.07, 6.45) is 2.78. The number of fused-ring (bicyclic) bond motifs is 2. The van der Waals surface area contributed by atoms with Crippen LogP contribution in [0.4, 0.5) is 4.79 Å². The molecule has 0 radical (unpaired) electrons. The lowest BCUT2D eigenvalue weighted by Crippen LogP contribution is -2.37. The molecule has 1 aliphatic heterocycles. The molecule has 0 unspecified atom stereocenters. The maximum Gasteiger partial charge on any atom is 0.405 e. The highest BCUT2D eigenvalue weighted by Gasteiger charge is 2.34. The number of hydrogen-bond acceptors (Lipinski definition) is 10. The number of aliphatic hydroxyl groups excluding tert-OH is 2. The van der Waals surface area contributed by atoms with Gasteiger partial charge in [-0.3, -0.25) is 14.4 Å². The first-order chi connectivity index (χ1) is 19.4. The van der Waals surface area contributed by atoms with Crippen LogP contribution in [0.1, 0.15) is 33.6 Å². The second-order valence-electron chi connectivity index (χ2n) is 10.1. The predicted octanol–water partition coefficient (Wildman–Crippen LogP) is 1.38. The van der Waals surface area contributed by atoms with Gasteiger partial charge in [-0.05, 0) is 31.3 Å². The Morgan fingerprint density at radius 3 is 2.39 bits per heavy atom. The van der Waals surface area contributed by atoms with Crippen molar-refractivity contribution in [1.82, 2.24) is 5.32 Å². The van der Waals surface area contributed by atoms with Crippen LogP contribution in [0, 0.1) is 11.8 Å². The molecular weight excluding hydrogens is 536 g/mol. The van der Waals surface area contributed by atoms with Crippen LogP contribution in [0.3, 0.4) is 0 Å². The Labute approximate surface area is 239 Å². The highest BCUT2D eigenvalue weighted by molar-refractivity contribution is 6.23. The number of carbonyl (C=O) groups is 4. The number of carbonyl (C=O) groups excluding carboxylic acids is 4. The van der Waals surface area contributed by atoms with E-state index in [-0.39, 0.29) is 34.9 Å². The van der Waals surface area contributed by atoms with Crippen LogP contribution in [-0.2, 0) is 33.3 Å². The third-order valence-corrected chi connectivity index (χ3v) is 7.00. The summed E-state index contributed by atoms with van der Waals surface area (Å²) in [4.78, 5) is 50.7. The van der Waals surface area contributed by atoms with Gasteiger partial charge in [-0.2, -0.15) is 0 Å². The molecule has 1 aliphatic carbocycles. The van der Waals surface area contributed by atoms with Crippen molar-refractivity contribution in [3.8, 4) is 0 Å². The van der Waals surface area contributed by atoms with E-state index in [1.165, 1.54) is 39.6 Å². The summed E-state index contributed by atoms with van der Waals surface area (Å²) in [7, 11) is 4.13. The summed E-state index contributed by atoms with van der Waals surface area (Å²) in [6, 6.07) is 0. The zero-order valence-corrected chi connectivity index (χ0v) is 24.2. The molecule has 2 rings (SSSR count). The number of ketones is 2. The van der Waals surface area contributed by atoms with Crippen molar-refractivity contribution >= 4 is 23.6 Å². The van der Waals surface area contributed by atoms with Crippen LogP contribution in [0.15, 0.2) is 58.6 Å². The molecule has 0 spiro atoms. The van der Waals surface area contributed by atoms with Crippen molar-refractivity contribution in [2.45, 2.75) is 58.0 Å². The molecule has 0 aromatic rings. The predicted molar refractivity (Wildman–Crippen MR) is 148 cm³/mol. The van der Waals surface area contributed by atoms with Gasteiger partial charge < -0.3 is 40.2 Å². The van der Waals surface area contributed by atoms with E-state index in [1.807, 2.05) is 6.92 Å². The van der Waals surface area contributed by atoms with Gasteiger partial charge in [-0.1, -0.05) is 38.2 Å². The second kappa shape index (κ2) is 15.4. The van der Waals surface area contributed by atoms with Crippen LogP contribution >= 0.6 is 0 Å². The van der Waals surface area contributed by atoms with E-state index in [2.05, 4.69) is 5.32 Å². The Morgan fingerprint density at radius 1 is 1.15 bits per heavy atom. The smallest absolute Gasteiger partial charge is 0.405 e. The summed E-state index contributed by atoms with van der Waals surface area (Å²) in [5.41, 5.74) is 5.55. The van der Waals surface area contributed by atoms with Gasteiger partial charge >= 0.3 is 6.09 Å². The quantitative estimate of drug-likeness (QED) is 0.275. The van der Waals surface area contributed by atoms with Crippen LogP contribution in [0.2, 0.25) is 0 Å². The van der Waals surface area contributed by atoms with Crippen LogP contribution in [0.25, 0.3) is 0 Å². The molecule has 5 N–H and O–H groups in total. The van der Waals surface area contributed by atoms with Crippen molar-refractivity contribution in [3.05, 3.63) is 58.6 Å². The van der Waals surface area contributed by atoms with Gasteiger partial charge in [0, 0.05) is 37.4 Å². The van der Waals surface area contributed by atoms with Gasteiger partial charge in [-0.15, -0.1) is 0 Å². The lowest BCUT2D eigenvalue weighted by atomic mass is 9.85. The fraction of sp³-hybridized carbons (Fsp3) is 0.517. The Morgan fingerprint density at radius 2 is 1.83 bits per heavy atom. The monoisotopic (exact) mass is 576 g/mol. The Kier molecular flexibility index (Phi) is 12.7. The zero-order valence-electron chi connectivity index (χ0n) is 24.2. The van der Waals surface area contributed by atoms with Gasteiger partial charge in [-0.25, -0.2) is 4.79 Å². The molecule has 12 heteroatoms. The number of nitrogens with two attached hydrogens (primary N) is 1. The topological polar surface area (TPSA) is 184 Å². The molecule has 0 saturated carbocycles. The molecule has 0 aromatic heterocycles. The molecule has 2 amide bonds. The molecule has 0 aromatic carbocycles. The fourth-order valence-electron chi connectivity index (χ4n) is 4.86. The maximum absolute atomic E-state index is 13.4. The van der Waals surface area contributed by atoms with Gasteiger partial charge in [0.2, 0.25) is 11.6 Å². The average molecular weight is 577 g/mol. The number of ether oxygens (including phenoxy) is 4. The SMILES string of the molecule is COC1=C2C[C@@H](C)C[C@H](OC)[C@H](O)[C@@H](C)/C=C(\C)[C@H](OC(N)=O)[C@@H](OC)/C=C\C=C(/CO)C(=O)NC(=CC1=O)C2=O. The van der Waals surface area contributed by atoms with Crippen molar-refractivity contribution in [2.24, 2.45) is 17.6 Å². The first-order valence-corrected chi connectivity index (χ1v) is 13.1. The Balaban J connectivity index is 2.64. The van der Waals surface area contributed by atoms with Gasteiger partial charge in [0.1, 0.15) is 6.10 Å². The zero-order chi connectivity index (χ0) is 30.9. The van der Waals surface area contributed by atoms with Gasteiger partial charge in [0.15, 0.2) is 11.9 Å². The highest BCUT2D eigenvalue weighted by atomic mass is 16.6. The normalized spacial score (nSPS) is 32.2. The number of methoxy groups -OCH3 is 3. The Hall–Kier alpha value is -3.58. The lowest BCUT2D eigenvalue weighted by Gasteiger charge is -2.29. The molecular formula is C29H40N2O10. The summed E-state index contributed by atoms with van der Waals surface area (Å²) in [5.74, 6) is -2.85. The Bertz CT molecular complexity index is 1170. The molecule has 6 atom stereocenters. The number of hydrogen-bond donors (Lipinski definition) is 4. The number of primary amides is 1. The maximum atomic E-state index is 13.4. The molecule has 41 heavy (non-hydrogen) atoms. The minimum atomic E-state index is -1.04. The minimum absolute atomic E-state index is 0.0812. The van der Waals surface area contributed by atoms with Crippen LogP contribution in [-0.4, -0.2) is 86.1 Å². The van der Waals surface area contributed by atoms with Crippen molar-refractivity contribution in [3.63, 3.8) is 0 Å². The lowest BCUT2D eigenvalue weighted by molar-refractivity contribution is -0.121.